The van der Waals surface area contributed by atoms with E-state index in [4.69, 9.17) is 16.0 Å². The van der Waals surface area contributed by atoms with Gasteiger partial charge in [0.05, 0.1) is 6.54 Å². The summed E-state index contributed by atoms with van der Waals surface area (Å²) in [5.41, 5.74) is 2.11. The molecule has 0 spiro atoms. The predicted octanol–water partition coefficient (Wildman–Crippen LogP) is 4.42. The number of furan rings is 1. The van der Waals surface area contributed by atoms with Gasteiger partial charge in [0.2, 0.25) is 0 Å². The number of rotatable bonds is 4. The highest BCUT2D eigenvalue weighted by atomic mass is 35.5. The second kappa shape index (κ2) is 5.28. The zero-order chi connectivity index (χ0) is 12.3. The van der Waals surface area contributed by atoms with Gasteiger partial charge in [-0.25, -0.2) is 0 Å². The van der Waals surface area contributed by atoms with Crippen molar-refractivity contribution in [3.63, 3.8) is 0 Å². The molecule has 17 heavy (non-hydrogen) atoms. The van der Waals surface area contributed by atoms with Crippen molar-refractivity contribution in [2.45, 2.75) is 26.8 Å². The number of hydrogen-bond acceptors (Lipinski definition) is 2. The highest BCUT2D eigenvalue weighted by Crippen LogP contribution is 2.23. The minimum absolute atomic E-state index is 0.682. The van der Waals surface area contributed by atoms with Crippen LogP contribution in [0.25, 0.3) is 0 Å². The number of benzene rings is 1. The van der Waals surface area contributed by atoms with Gasteiger partial charge in [0.25, 0.3) is 0 Å². The Morgan fingerprint density at radius 2 is 1.94 bits per heavy atom. The van der Waals surface area contributed by atoms with Crippen LogP contribution in [0.4, 0.5) is 5.69 Å². The molecule has 1 aromatic carbocycles. The van der Waals surface area contributed by atoms with E-state index in [0.29, 0.717) is 6.54 Å². The Labute approximate surface area is 107 Å². The minimum atomic E-state index is 0.682. The number of aryl methyl sites for hydroxylation is 1. The lowest BCUT2D eigenvalue weighted by molar-refractivity contribution is 0.476. The van der Waals surface area contributed by atoms with E-state index in [0.717, 1.165) is 34.2 Å². The zero-order valence-corrected chi connectivity index (χ0v) is 10.8. The lowest BCUT2D eigenvalue weighted by Gasteiger charge is -2.09. The highest BCUT2D eigenvalue weighted by Gasteiger charge is 2.03. The monoisotopic (exact) mass is 249 g/mol. The molecule has 0 fully saturated rings. The molecule has 0 aliphatic heterocycles. The molecule has 0 bridgehead atoms. The van der Waals surface area contributed by atoms with Crippen molar-refractivity contribution in [2.24, 2.45) is 0 Å². The van der Waals surface area contributed by atoms with Crippen LogP contribution in [-0.4, -0.2) is 0 Å². The standard InChI is InChI=1S/C14H16ClNO/c1-3-11-7-8-12(17-11)9-16-14-6-4-5-13(15)10(14)2/h4-8,16H,3,9H2,1-2H3. The molecule has 2 aromatic rings. The molecule has 90 valence electrons. The Kier molecular flexibility index (Phi) is 3.75. The summed E-state index contributed by atoms with van der Waals surface area (Å²) < 4.78 is 5.63. The summed E-state index contributed by atoms with van der Waals surface area (Å²) in [6, 6.07) is 9.87. The van der Waals surface area contributed by atoms with Gasteiger partial charge >= 0.3 is 0 Å². The normalized spacial score (nSPS) is 10.5. The Morgan fingerprint density at radius 1 is 1.18 bits per heavy atom. The first-order valence-electron chi connectivity index (χ1n) is 5.77. The summed E-state index contributed by atoms with van der Waals surface area (Å²) in [4.78, 5) is 0. The molecular weight excluding hydrogens is 234 g/mol. The van der Waals surface area contributed by atoms with Crippen LogP contribution in [0.5, 0.6) is 0 Å². The van der Waals surface area contributed by atoms with Gasteiger partial charge in [-0.2, -0.15) is 0 Å². The Morgan fingerprint density at radius 3 is 2.65 bits per heavy atom. The van der Waals surface area contributed by atoms with Crippen molar-refractivity contribution in [2.75, 3.05) is 5.32 Å². The van der Waals surface area contributed by atoms with Gasteiger partial charge in [0, 0.05) is 17.1 Å². The van der Waals surface area contributed by atoms with Crippen molar-refractivity contribution in [1.82, 2.24) is 0 Å². The fourth-order valence-electron chi connectivity index (χ4n) is 1.69. The van der Waals surface area contributed by atoms with E-state index in [1.165, 1.54) is 0 Å². The van der Waals surface area contributed by atoms with Crippen LogP contribution in [0.15, 0.2) is 34.7 Å². The van der Waals surface area contributed by atoms with Gasteiger partial charge in [-0.3, -0.25) is 0 Å². The molecule has 0 atom stereocenters. The van der Waals surface area contributed by atoms with Gasteiger partial charge in [0.1, 0.15) is 11.5 Å². The minimum Gasteiger partial charge on any atom is -0.464 e. The fraction of sp³-hybridized carbons (Fsp3) is 0.286. The lowest BCUT2D eigenvalue weighted by atomic mass is 10.2. The topological polar surface area (TPSA) is 25.2 Å². The molecule has 1 N–H and O–H groups in total. The molecule has 2 rings (SSSR count). The Bertz CT molecular complexity index is 505. The first-order chi connectivity index (χ1) is 8.20. The molecule has 0 radical (unpaired) electrons. The van der Waals surface area contributed by atoms with Crippen LogP contribution in [-0.2, 0) is 13.0 Å². The average molecular weight is 250 g/mol. The van der Waals surface area contributed by atoms with E-state index in [2.05, 4.69) is 12.2 Å². The smallest absolute Gasteiger partial charge is 0.123 e. The second-order valence-corrected chi connectivity index (χ2v) is 4.39. The predicted molar refractivity (Wildman–Crippen MR) is 71.6 cm³/mol. The third-order valence-electron chi connectivity index (χ3n) is 2.79. The third kappa shape index (κ3) is 2.83. The molecule has 1 aromatic heterocycles. The molecular formula is C14H16ClNO. The number of nitrogens with one attached hydrogen (secondary N) is 1. The maximum absolute atomic E-state index is 6.06. The summed E-state index contributed by atoms with van der Waals surface area (Å²) >= 11 is 6.06. The van der Waals surface area contributed by atoms with Crippen LogP contribution in [0.3, 0.4) is 0 Å². The van der Waals surface area contributed by atoms with Crippen molar-refractivity contribution >= 4 is 17.3 Å². The quantitative estimate of drug-likeness (QED) is 0.868. The molecule has 2 nitrogen and oxygen atoms in total. The van der Waals surface area contributed by atoms with Crippen LogP contribution in [0.1, 0.15) is 24.0 Å². The van der Waals surface area contributed by atoms with Gasteiger partial charge in [-0.15, -0.1) is 0 Å². The van der Waals surface area contributed by atoms with E-state index < -0.39 is 0 Å². The zero-order valence-electron chi connectivity index (χ0n) is 10.1. The molecule has 3 heteroatoms. The van der Waals surface area contributed by atoms with Gasteiger partial charge < -0.3 is 9.73 Å². The SMILES string of the molecule is CCc1ccc(CNc2cccc(Cl)c2C)o1. The highest BCUT2D eigenvalue weighted by molar-refractivity contribution is 6.31. The van der Waals surface area contributed by atoms with E-state index in [9.17, 15) is 0 Å². The largest absolute Gasteiger partial charge is 0.464 e. The van der Waals surface area contributed by atoms with E-state index in [1.807, 2.05) is 37.3 Å². The summed E-state index contributed by atoms with van der Waals surface area (Å²) in [5.74, 6) is 1.96. The van der Waals surface area contributed by atoms with E-state index in [1.54, 1.807) is 0 Å². The lowest BCUT2D eigenvalue weighted by Crippen LogP contribution is -2.00. The van der Waals surface area contributed by atoms with Gasteiger partial charge in [0.15, 0.2) is 0 Å². The van der Waals surface area contributed by atoms with Crippen LogP contribution in [0, 0.1) is 6.92 Å². The van der Waals surface area contributed by atoms with Crippen LogP contribution < -0.4 is 5.32 Å². The van der Waals surface area contributed by atoms with Gasteiger partial charge in [-0.1, -0.05) is 24.6 Å². The van der Waals surface area contributed by atoms with Crippen molar-refractivity contribution in [1.29, 1.82) is 0 Å². The molecule has 0 aliphatic carbocycles. The number of hydrogen-bond donors (Lipinski definition) is 1. The summed E-state index contributed by atoms with van der Waals surface area (Å²) in [5, 5.41) is 4.11. The molecule has 0 amide bonds. The maximum Gasteiger partial charge on any atom is 0.123 e. The molecule has 0 aliphatic rings. The molecule has 1 heterocycles. The first kappa shape index (κ1) is 12.1. The van der Waals surface area contributed by atoms with Crippen LogP contribution >= 0.6 is 11.6 Å². The third-order valence-corrected chi connectivity index (χ3v) is 3.20. The number of anilines is 1. The summed E-state index contributed by atoms with van der Waals surface area (Å²) in [7, 11) is 0. The summed E-state index contributed by atoms with van der Waals surface area (Å²) in [6.45, 7) is 4.77. The first-order valence-corrected chi connectivity index (χ1v) is 6.15. The van der Waals surface area contributed by atoms with Crippen molar-refractivity contribution in [3.8, 4) is 0 Å². The molecule has 0 saturated heterocycles. The number of halogens is 1. The average Bonchev–Trinajstić information content (AvgIpc) is 2.79. The van der Waals surface area contributed by atoms with Crippen molar-refractivity contribution < 1.29 is 4.42 Å². The van der Waals surface area contributed by atoms with E-state index >= 15 is 0 Å². The maximum atomic E-state index is 6.06. The van der Waals surface area contributed by atoms with Crippen LogP contribution in [0.2, 0.25) is 5.02 Å². The summed E-state index contributed by atoms with van der Waals surface area (Å²) in [6.07, 6.45) is 0.927. The van der Waals surface area contributed by atoms with Crippen molar-refractivity contribution in [3.05, 3.63) is 52.4 Å². The molecule has 0 saturated carbocycles. The fourth-order valence-corrected chi connectivity index (χ4v) is 1.86. The second-order valence-electron chi connectivity index (χ2n) is 3.99. The van der Waals surface area contributed by atoms with Gasteiger partial charge in [-0.05, 0) is 36.8 Å². The van der Waals surface area contributed by atoms with E-state index in [-0.39, 0.29) is 0 Å². The Balaban J connectivity index is 2.04. The molecule has 0 unspecified atom stereocenters. The Hall–Kier alpha value is -1.41.